The Bertz CT molecular complexity index is 518. The average Bonchev–Trinajstić information content (AvgIpc) is 2.37. The molecular weight excluding hydrogens is 264 g/mol. The number of hydrogen-bond acceptors (Lipinski definition) is 5. The molecule has 0 aliphatic carbocycles. The summed E-state index contributed by atoms with van der Waals surface area (Å²) in [5, 5.41) is 3.16. The molecule has 1 aromatic rings. The first-order chi connectivity index (χ1) is 8.97. The number of nitrogens with zero attached hydrogens (tertiary/aromatic N) is 2. The van der Waals surface area contributed by atoms with E-state index in [-0.39, 0.29) is 11.2 Å². The van der Waals surface area contributed by atoms with Crippen LogP contribution in [-0.2, 0) is 10.0 Å². The van der Waals surface area contributed by atoms with Gasteiger partial charge in [0.15, 0.2) is 0 Å². The maximum Gasteiger partial charge on any atom is 0.276 e. The first kappa shape index (κ1) is 14.4. The first-order valence-corrected chi connectivity index (χ1v) is 8.01. The van der Waals surface area contributed by atoms with E-state index in [4.69, 9.17) is 0 Å². The number of rotatable bonds is 4. The second-order valence-corrected chi connectivity index (χ2v) is 6.59. The van der Waals surface area contributed by atoms with E-state index in [1.165, 1.54) is 0 Å². The summed E-state index contributed by atoms with van der Waals surface area (Å²) in [6.45, 7) is 4.86. The molecule has 7 heteroatoms. The van der Waals surface area contributed by atoms with Gasteiger partial charge >= 0.3 is 0 Å². The van der Waals surface area contributed by atoms with Gasteiger partial charge in [-0.2, -0.15) is 0 Å². The van der Waals surface area contributed by atoms with Gasteiger partial charge in [0.05, 0.1) is 0 Å². The van der Waals surface area contributed by atoms with Crippen molar-refractivity contribution in [1.29, 1.82) is 0 Å². The normalized spacial score (nSPS) is 20.4. The minimum atomic E-state index is -3.62. The molecule has 6 nitrogen and oxygen atoms in total. The van der Waals surface area contributed by atoms with Crippen LogP contribution in [0.2, 0.25) is 0 Å². The van der Waals surface area contributed by atoms with E-state index in [0.717, 1.165) is 25.8 Å². The number of hydrogen-bond donors (Lipinski definition) is 2. The van der Waals surface area contributed by atoms with Crippen molar-refractivity contribution in [2.45, 2.75) is 44.3 Å². The molecule has 2 N–H and O–H groups in total. The smallest absolute Gasteiger partial charge is 0.276 e. The van der Waals surface area contributed by atoms with Crippen molar-refractivity contribution < 1.29 is 8.42 Å². The van der Waals surface area contributed by atoms with Crippen LogP contribution in [0.5, 0.6) is 0 Å². The van der Waals surface area contributed by atoms with E-state index < -0.39 is 10.0 Å². The lowest BCUT2D eigenvalue weighted by molar-refractivity contribution is 0.398. The van der Waals surface area contributed by atoms with Crippen LogP contribution in [0, 0.1) is 13.8 Å². The third-order valence-electron chi connectivity index (χ3n) is 3.13. The fraction of sp³-hybridized carbons (Fsp3) is 0.667. The number of sulfonamides is 1. The zero-order valence-electron chi connectivity index (χ0n) is 11.3. The molecule has 1 fully saturated rings. The van der Waals surface area contributed by atoms with Crippen LogP contribution in [0.15, 0.2) is 11.2 Å². The number of aromatic nitrogens is 2. The summed E-state index contributed by atoms with van der Waals surface area (Å²) in [6.07, 6.45) is 3.29. The quantitative estimate of drug-likeness (QED) is 0.787. The van der Waals surface area contributed by atoms with E-state index in [2.05, 4.69) is 20.0 Å². The van der Waals surface area contributed by atoms with Gasteiger partial charge in [0.25, 0.3) is 15.2 Å². The van der Waals surface area contributed by atoms with E-state index in [1.807, 2.05) is 0 Å². The fourth-order valence-corrected chi connectivity index (χ4v) is 3.26. The zero-order chi connectivity index (χ0) is 13.9. The minimum absolute atomic E-state index is 0.138. The Kier molecular flexibility index (Phi) is 4.49. The van der Waals surface area contributed by atoms with Gasteiger partial charge in [-0.05, 0) is 39.3 Å². The van der Waals surface area contributed by atoms with E-state index in [0.29, 0.717) is 17.9 Å². The molecule has 0 spiro atoms. The molecular formula is C12H20N4O2S. The SMILES string of the molecule is Cc1cc(C)nc(S(=O)(=O)NC[C@@H]2CCCCN2)n1. The van der Waals surface area contributed by atoms with Gasteiger partial charge in [0.2, 0.25) is 0 Å². The first-order valence-electron chi connectivity index (χ1n) is 6.53. The van der Waals surface area contributed by atoms with Crippen LogP contribution in [0.4, 0.5) is 0 Å². The minimum Gasteiger partial charge on any atom is -0.313 e. The maximum absolute atomic E-state index is 12.1. The molecule has 0 radical (unpaired) electrons. The Morgan fingerprint density at radius 1 is 1.32 bits per heavy atom. The summed E-state index contributed by atoms with van der Waals surface area (Å²) >= 11 is 0. The van der Waals surface area contributed by atoms with Gasteiger partial charge in [-0.1, -0.05) is 6.42 Å². The summed E-state index contributed by atoms with van der Waals surface area (Å²) in [7, 11) is -3.62. The van der Waals surface area contributed by atoms with E-state index in [9.17, 15) is 8.42 Å². The Labute approximate surface area is 114 Å². The molecule has 1 aromatic heterocycles. The molecule has 1 atom stereocenters. The largest absolute Gasteiger partial charge is 0.313 e. The topological polar surface area (TPSA) is 84.0 Å². The van der Waals surface area contributed by atoms with Crippen LogP contribution in [0.25, 0.3) is 0 Å². The molecule has 106 valence electrons. The summed E-state index contributed by atoms with van der Waals surface area (Å²) in [5.41, 5.74) is 1.31. The number of aryl methyl sites for hydroxylation is 2. The monoisotopic (exact) mass is 284 g/mol. The van der Waals surface area contributed by atoms with Crippen molar-refractivity contribution in [3.8, 4) is 0 Å². The molecule has 1 aliphatic rings. The lowest BCUT2D eigenvalue weighted by Gasteiger charge is -2.23. The average molecular weight is 284 g/mol. The standard InChI is InChI=1S/C12H20N4O2S/c1-9-7-10(2)16-12(15-9)19(17,18)14-8-11-5-3-4-6-13-11/h7,11,13-14H,3-6,8H2,1-2H3/t11-/m0/s1. The highest BCUT2D eigenvalue weighted by atomic mass is 32.2. The van der Waals surface area contributed by atoms with Crippen LogP contribution < -0.4 is 10.0 Å². The summed E-state index contributed by atoms with van der Waals surface area (Å²) in [5.74, 6) is 0. The fourth-order valence-electron chi connectivity index (χ4n) is 2.19. The second-order valence-electron chi connectivity index (χ2n) is 4.93. The van der Waals surface area contributed by atoms with Crippen molar-refractivity contribution in [2.75, 3.05) is 13.1 Å². The van der Waals surface area contributed by atoms with Crippen LogP contribution in [-0.4, -0.2) is 37.5 Å². The Morgan fingerprint density at radius 3 is 2.58 bits per heavy atom. The van der Waals surface area contributed by atoms with Crippen molar-refractivity contribution in [3.05, 3.63) is 17.5 Å². The predicted molar refractivity (Wildman–Crippen MR) is 72.3 cm³/mol. The summed E-state index contributed by atoms with van der Waals surface area (Å²) in [6, 6.07) is 1.95. The van der Waals surface area contributed by atoms with Crippen LogP contribution in [0.3, 0.4) is 0 Å². The molecule has 2 heterocycles. The highest BCUT2D eigenvalue weighted by molar-refractivity contribution is 7.89. The maximum atomic E-state index is 12.1. The molecule has 0 bridgehead atoms. The summed E-state index contributed by atoms with van der Waals surface area (Å²) < 4.78 is 26.8. The Balaban J connectivity index is 2.04. The lowest BCUT2D eigenvalue weighted by atomic mass is 10.1. The van der Waals surface area contributed by atoms with Crippen molar-refractivity contribution in [3.63, 3.8) is 0 Å². The van der Waals surface area contributed by atoms with Gasteiger partial charge < -0.3 is 5.32 Å². The van der Waals surface area contributed by atoms with Gasteiger partial charge in [-0.25, -0.2) is 23.1 Å². The molecule has 0 saturated carbocycles. The molecule has 0 unspecified atom stereocenters. The van der Waals surface area contributed by atoms with Crippen molar-refractivity contribution >= 4 is 10.0 Å². The van der Waals surface area contributed by atoms with E-state index >= 15 is 0 Å². The molecule has 1 saturated heterocycles. The number of piperidine rings is 1. The second kappa shape index (κ2) is 5.94. The van der Waals surface area contributed by atoms with Gasteiger partial charge in [0.1, 0.15) is 0 Å². The molecule has 1 aliphatic heterocycles. The highest BCUT2D eigenvalue weighted by Gasteiger charge is 2.21. The highest BCUT2D eigenvalue weighted by Crippen LogP contribution is 2.08. The molecule has 2 rings (SSSR count). The van der Waals surface area contributed by atoms with Crippen molar-refractivity contribution in [1.82, 2.24) is 20.0 Å². The predicted octanol–water partition coefficient (Wildman–Crippen LogP) is 0.514. The third-order valence-corrected chi connectivity index (χ3v) is 4.34. The third kappa shape index (κ3) is 3.95. The van der Waals surface area contributed by atoms with Gasteiger partial charge in [-0.3, -0.25) is 0 Å². The van der Waals surface area contributed by atoms with Crippen LogP contribution >= 0.6 is 0 Å². The van der Waals surface area contributed by atoms with Gasteiger partial charge in [0, 0.05) is 24.0 Å². The zero-order valence-corrected chi connectivity index (χ0v) is 12.1. The Morgan fingerprint density at radius 2 is 2.00 bits per heavy atom. The molecule has 0 amide bonds. The van der Waals surface area contributed by atoms with E-state index in [1.54, 1.807) is 19.9 Å². The Hall–Kier alpha value is -1.05. The van der Waals surface area contributed by atoms with Gasteiger partial charge in [-0.15, -0.1) is 0 Å². The van der Waals surface area contributed by atoms with Crippen molar-refractivity contribution in [2.24, 2.45) is 0 Å². The molecule has 0 aromatic carbocycles. The molecule has 19 heavy (non-hydrogen) atoms. The number of nitrogens with one attached hydrogen (secondary N) is 2. The van der Waals surface area contributed by atoms with Crippen LogP contribution in [0.1, 0.15) is 30.7 Å². The summed E-state index contributed by atoms with van der Waals surface area (Å²) in [4.78, 5) is 7.97. The lowest BCUT2D eigenvalue weighted by Crippen LogP contribution is -2.43.